The highest BCUT2D eigenvalue weighted by molar-refractivity contribution is 5.01. The van der Waals surface area contributed by atoms with Crippen LogP contribution in [0.5, 0.6) is 0 Å². The van der Waals surface area contributed by atoms with Crippen molar-refractivity contribution in [2.24, 2.45) is 5.92 Å². The Kier molecular flexibility index (Phi) is 3.59. The van der Waals surface area contributed by atoms with Gasteiger partial charge in [0.05, 0.1) is 0 Å². The molecule has 0 aliphatic rings. The first-order chi connectivity index (χ1) is 3.72. The lowest BCUT2D eigenvalue weighted by atomic mass is 10.0. The summed E-state index contributed by atoms with van der Waals surface area (Å²) in [6, 6.07) is 0. The second-order valence-electron chi connectivity index (χ2n) is 2.37. The fourth-order valence-corrected chi connectivity index (χ4v) is 0.946. The van der Waals surface area contributed by atoms with E-state index in [2.05, 4.69) is 33.8 Å². The van der Waals surface area contributed by atoms with Gasteiger partial charge in [-0.15, -0.1) is 0 Å². The van der Waals surface area contributed by atoms with E-state index < -0.39 is 0 Å². The van der Waals surface area contributed by atoms with Crippen LogP contribution in [-0.2, 0) is 0 Å². The molecule has 0 spiro atoms. The van der Waals surface area contributed by atoms with Crippen LogP contribution < -0.4 is 0 Å². The minimum Gasteiger partial charge on any atom is -0.0882 e. The van der Waals surface area contributed by atoms with E-state index in [1.165, 1.54) is 6.42 Å². The first-order valence-corrected chi connectivity index (χ1v) is 3.37. The van der Waals surface area contributed by atoms with Gasteiger partial charge in [0.15, 0.2) is 0 Å². The molecule has 0 aromatic heterocycles. The van der Waals surface area contributed by atoms with E-state index in [1.54, 1.807) is 5.57 Å². The molecular formula is C8H16. The van der Waals surface area contributed by atoms with Crippen LogP contribution in [0.25, 0.3) is 0 Å². The van der Waals surface area contributed by atoms with Crippen molar-refractivity contribution < 1.29 is 0 Å². The van der Waals surface area contributed by atoms with Gasteiger partial charge in [0.1, 0.15) is 0 Å². The average molecular weight is 112 g/mol. The molecule has 0 N–H and O–H groups in total. The van der Waals surface area contributed by atoms with Crippen molar-refractivity contribution in [3.63, 3.8) is 0 Å². The third-order valence-electron chi connectivity index (χ3n) is 1.52. The fourth-order valence-electron chi connectivity index (χ4n) is 0.946. The summed E-state index contributed by atoms with van der Waals surface area (Å²) in [5.41, 5.74) is 1.56. The van der Waals surface area contributed by atoms with Gasteiger partial charge in [-0.2, -0.15) is 0 Å². The zero-order valence-corrected chi connectivity index (χ0v) is 6.36. The Morgan fingerprint density at radius 2 is 2.00 bits per heavy atom. The number of hydrogen-bond acceptors (Lipinski definition) is 0. The SMILES string of the molecule is C/C=C(\CC)C(C)C. The molecule has 0 aromatic carbocycles. The van der Waals surface area contributed by atoms with Gasteiger partial charge in [0.25, 0.3) is 0 Å². The molecule has 0 fully saturated rings. The standard InChI is InChI=1S/C8H16/c1-5-8(6-2)7(3)4/h5,7H,6H2,1-4H3/b8-5+. The van der Waals surface area contributed by atoms with E-state index in [1.807, 2.05) is 0 Å². The summed E-state index contributed by atoms with van der Waals surface area (Å²) in [5, 5.41) is 0. The topological polar surface area (TPSA) is 0 Å². The van der Waals surface area contributed by atoms with E-state index in [9.17, 15) is 0 Å². The van der Waals surface area contributed by atoms with Crippen LogP contribution in [0.1, 0.15) is 34.1 Å². The molecule has 0 rings (SSSR count). The predicted octanol–water partition coefficient (Wildman–Crippen LogP) is 3.00. The van der Waals surface area contributed by atoms with Crippen LogP contribution >= 0.6 is 0 Å². The maximum Gasteiger partial charge on any atom is -0.0260 e. The summed E-state index contributed by atoms with van der Waals surface area (Å²) in [6.45, 7) is 8.78. The molecule has 0 unspecified atom stereocenters. The molecule has 0 heterocycles. The van der Waals surface area contributed by atoms with E-state index in [-0.39, 0.29) is 0 Å². The van der Waals surface area contributed by atoms with E-state index >= 15 is 0 Å². The first-order valence-electron chi connectivity index (χ1n) is 3.37. The van der Waals surface area contributed by atoms with E-state index in [0.29, 0.717) is 0 Å². The summed E-state index contributed by atoms with van der Waals surface area (Å²) in [4.78, 5) is 0. The molecule has 0 amide bonds. The maximum atomic E-state index is 2.23. The minimum absolute atomic E-state index is 0.741. The third-order valence-corrected chi connectivity index (χ3v) is 1.52. The Morgan fingerprint density at radius 3 is 2.00 bits per heavy atom. The van der Waals surface area contributed by atoms with Gasteiger partial charge in [0.2, 0.25) is 0 Å². The van der Waals surface area contributed by atoms with Gasteiger partial charge in [0, 0.05) is 0 Å². The van der Waals surface area contributed by atoms with E-state index in [0.717, 1.165) is 5.92 Å². The Hall–Kier alpha value is -0.260. The van der Waals surface area contributed by atoms with Crippen molar-refractivity contribution in [2.45, 2.75) is 34.1 Å². The third kappa shape index (κ3) is 2.15. The van der Waals surface area contributed by atoms with Crippen molar-refractivity contribution in [1.82, 2.24) is 0 Å². The monoisotopic (exact) mass is 112 g/mol. The average Bonchev–Trinajstić information content (AvgIpc) is 1.69. The maximum absolute atomic E-state index is 2.23. The van der Waals surface area contributed by atoms with Gasteiger partial charge < -0.3 is 0 Å². The smallest absolute Gasteiger partial charge is 0.0260 e. The van der Waals surface area contributed by atoms with Gasteiger partial charge in [-0.1, -0.05) is 32.4 Å². The molecule has 0 aliphatic heterocycles. The predicted molar refractivity (Wildman–Crippen MR) is 38.9 cm³/mol. The minimum atomic E-state index is 0.741. The Morgan fingerprint density at radius 1 is 1.50 bits per heavy atom. The first kappa shape index (κ1) is 7.74. The summed E-state index contributed by atoms with van der Waals surface area (Å²) in [7, 11) is 0. The molecule has 48 valence electrons. The quantitative estimate of drug-likeness (QED) is 0.482. The largest absolute Gasteiger partial charge is 0.0882 e. The zero-order valence-electron chi connectivity index (χ0n) is 6.36. The highest BCUT2D eigenvalue weighted by Gasteiger charge is 1.95. The van der Waals surface area contributed by atoms with Gasteiger partial charge in [-0.25, -0.2) is 0 Å². The van der Waals surface area contributed by atoms with Crippen LogP contribution in [0.2, 0.25) is 0 Å². The van der Waals surface area contributed by atoms with Gasteiger partial charge >= 0.3 is 0 Å². The van der Waals surface area contributed by atoms with Crippen LogP contribution in [-0.4, -0.2) is 0 Å². The Bertz CT molecular complexity index is 78.0. The summed E-state index contributed by atoms with van der Waals surface area (Å²) < 4.78 is 0. The van der Waals surface area contributed by atoms with Crippen LogP contribution in [0.15, 0.2) is 11.6 Å². The molecule has 0 bridgehead atoms. The Labute approximate surface area is 52.6 Å². The molecule has 8 heavy (non-hydrogen) atoms. The lowest BCUT2D eigenvalue weighted by molar-refractivity contribution is 0.730. The highest BCUT2D eigenvalue weighted by Crippen LogP contribution is 2.11. The van der Waals surface area contributed by atoms with Crippen LogP contribution in [0.4, 0.5) is 0 Å². The lowest BCUT2D eigenvalue weighted by Gasteiger charge is -2.05. The van der Waals surface area contributed by atoms with Crippen molar-refractivity contribution in [2.75, 3.05) is 0 Å². The van der Waals surface area contributed by atoms with Crippen molar-refractivity contribution in [3.05, 3.63) is 11.6 Å². The second-order valence-corrected chi connectivity index (χ2v) is 2.37. The van der Waals surface area contributed by atoms with Crippen LogP contribution in [0, 0.1) is 5.92 Å². The molecular weight excluding hydrogens is 96.1 g/mol. The van der Waals surface area contributed by atoms with Gasteiger partial charge in [-0.05, 0) is 19.3 Å². The number of allylic oxidation sites excluding steroid dienone is 2. The second kappa shape index (κ2) is 3.71. The summed E-state index contributed by atoms with van der Waals surface area (Å²) >= 11 is 0. The highest BCUT2D eigenvalue weighted by atomic mass is 14.0. The zero-order chi connectivity index (χ0) is 6.57. The molecule has 0 atom stereocenters. The molecule has 0 aromatic rings. The van der Waals surface area contributed by atoms with Crippen molar-refractivity contribution in [3.8, 4) is 0 Å². The molecule has 0 saturated heterocycles. The van der Waals surface area contributed by atoms with Crippen LogP contribution in [0.3, 0.4) is 0 Å². The summed E-state index contributed by atoms with van der Waals surface area (Å²) in [6.07, 6.45) is 3.42. The fraction of sp³-hybridized carbons (Fsp3) is 0.750. The molecule has 0 nitrogen and oxygen atoms in total. The molecule has 0 heteroatoms. The Balaban J connectivity index is 3.72. The summed E-state index contributed by atoms with van der Waals surface area (Å²) in [5.74, 6) is 0.741. The normalized spacial score (nSPS) is 12.9. The van der Waals surface area contributed by atoms with Gasteiger partial charge in [-0.3, -0.25) is 0 Å². The van der Waals surface area contributed by atoms with Crippen molar-refractivity contribution >= 4 is 0 Å². The molecule has 0 radical (unpaired) electrons. The lowest BCUT2D eigenvalue weighted by Crippen LogP contribution is -1.90. The van der Waals surface area contributed by atoms with E-state index in [4.69, 9.17) is 0 Å². The molecule has 0 saturated carbocycles. The van der Waals surface area contributed by atoms with Crippen molar-refractivity contribution in [1.29, 1.82) is 0 Å². The molecule has 0 aliphatic carbocycles. The number of rotatable bonds is 2. The number of hydrogen-bond donors (Lipinski definition) is 0.